The van der Waals surface area contributed by atoms with Gasteiger partial charge in [-0.1, -0.05) is 61.7 Å². The first-order valence-corrected chi connectivity index (χ1v) is 12.9. The Morgan fingerprint density at radius 1 is 0.967 bits per heavy atom. The molecule has 2 nitrogen and oxygen atoms in total. The Morgan fingerprint density at radius 2 is 1.70 bits per heavy atom. The SMILES string of the molecule is CCSC(C)Cc1ccc(-c2ccc(Cl)c(Cl)c2)cc1COCCN1CCCCC1. The van der Waals surface area contributed by atoms with Crippen LogP contribution in [0.15, 0.2) is 36.4 Å². The van der Waals surface area contributed by atoms with Crippen LogP contribution in [-0.2, 0) is 17.8 Å². The molecule has 1 aliphatic heterocycles. The van der Waals surface area contributed by atoms with Crippen molar-refractivity contribution in [1.82, 2.24) is 4.90 Å². The van der Waals surface area contributed by atoms with Gasteiger partial charge in [-0.05, 0) is 78.6 Å². The summed E-state index contributed by atoms with van der Waals surface area (Å²) in [4.78, 5) is 2.52. The molecule has 0 saturated carbocycles. The molecular weight excluding hydrogens is 433 g/mol. The molecule has 1 saturated heterocycles. The summed E-state index contributed by atoms with van der Waals surface area (Å²) in [6.07, 6.45) is 5.08. The molecule has 5 heteroatoms. The number of nitrogens with zero attached hydrogens (tertiary/aromatic N) is 1. The van der Waals surface area contributed by atoms with Crippen LogP contribution in [0.5, 0.6) is 0 Å². The van der Waals surface area contributed by atoms with E-state index in [9.17, 15) is 0 Å². The van der Waals surface area contributed by atoms with Gasteiger partial charge in [-0.15, -0.1) is 0 Å². The van der Waals surface area contributed by atoms with Crippen molar-refractivity contribution in [1.29, 1.82) is 0 Å². The molecule has 0 amide bonds. The van der Waals surface area contributed by atoms with E-state index < -0.39 is 0 Å². The lowest BCUT2D eigenvalue weighted by atomic mass is 9.97. The molecule has 0 aliphatic carbocycles. The highest BCUT2D eigenvalue weighted by molar-refractivity contribution is 7.99. The number of thioether (sulfide) groups is 1. The summed E-state index contributed by atoms with van der Waals surface area (Å²) in [5.74, 6) is 1.14. The van der Waals surface area contributed by atoms with Crippen LogP contribution in [0.4, 0.5) is 0 Å². The highest BCUT2D eigenvalue weighted by Gasteiger charge is 2.12. The molecule has 2 aromatic rings. The average Bonchev–Trinajstić information content (AvgIpc) is 2.75. The molecule has 1 fully saturated rings. The second kappa shape index (κ2) is 12.4. The van der Waals surface area contributed by atoms with E-state index in [-0.39, 0.29) is 0 Å². The number of piperidine rings is 1. The van der Waals surface area contributed by atoms with Crippen molar-refractivity contribution < 1.29 is 4.74 Å². The molecule has 0 bridgehead atoms. The van der Waals surface area contributed by atoms with Gasteiger partial charge in [0, 0.05) is 11.8 Å². The zero-order valence-electron chi connectivity index (χ0n) is 18.1. The zero-order chi connectivity index (χ0) is 21.3. The summed E-state index contributed by atoms with van der Waals surface area (Å²) >= 11 is 14.4. The molecule has 0 aromatic heterocycles. The monoisotopic (exact) mass is 465 g/mol. The smallest absolute Gasteiger partial charge is 0.0720 e. The highest BCUT2D eigenvalue weighted by atomic mass is 35.5. The molecular formula is C25H33Cl2NOS. The number of hydrogen-bond donors (Lipinski definition) is 0. The van der Waals surface area contributed by atoms with Crippen molar-refractivity contribution in [2.75, 3.05) is 32.0 Å². The van der Waals surface area contributed by atoms with Crippen molar-refractivity contribution in [3.05, 3.63) is 57.6 Å². The minimum Gasteiger partial charge on any atom is -0.375 e. The molecule has 0 radical (unpaired) electrons. The molecule has 30 heavy (non-hydrogen) atoms. The second-order valence-corrected chi connectivity index (χ2v) is 10.6. The molecule has 0 N–H and O–H groups in total. The first-order valence-electron chi connectivity index (χ1n) is 11.1. The van der Waals surface area contributed by atoms with Crippen LogP contribution in [0.25, 0.3) is 11.1 Å². The Bertz CT molecular complexity index is 808. The van der Waals surface area contributed by atoms with Gasteiger partial charge in [0.25, 0.3) is 0 Å². The maximum Gasteiger partial charge on any atom is 0.0720 e. The van der Waals surface area contributed by atoms with Crippen molar-refractivity contribution in [3.63, 3.8) is 0 Å². The molecule has 0 spiro atoms. The first kappa shape index (κ1) is 23.9. The third-order valence-electron chi connectivity index (χ3n) is 5.68. The minimum absolute atomic E-state index is 0.587. The fourth-order valence-corrected chi connectivity index (χ4v) is 5.19. The van der Waals surface area contributed by atoms with E-state index >= 15 is 0 Å². The lowest BCUT2D eigenvalue weighted by Gasteiger charge is -2.26. The van der Waals surface area contributed by atoms with Crippen LogP contribution in [0.1, 0.15) is 44.2 Å². The van der Waals surface area contributed by atoms with Gasteiger partial charge in [0.05, 0.1) is 23.3 Å². The number of rotatable bonds is 10. The quantitative estimate of drug-likeness (QED) is 0.340. The topological polar surface area (TPSA) is 12.5 Å². The lowest BCUT2D eigenvalue weighted by molar-refractivity contribution is 0.0860. The van der Waals surface area contributed by atoms with E-state index in [4.69, 9.17) is 27.9 Å². The van der Waals surface area contributed by atoms with E-state index in [1.165, 1.54) is 43.5 Å². The lowest BCUT2D eigenvalue weighted by Crippen LogP contribution is -2.32. The Labute approximate surface area is 196 Å². The van der Waals surface area contributed by atoms with Crippen molar-refractivity contribution in [3.8, 4) is 11.1 Å². The first-order chi connectivity index (χ1) is 14.6. The van der Waals surface area contributed by atoms with Crippen molar-refractivity contribution in [2.24, 2.45) is 0 Å². The highest BCUT2D eigenvalue weighted by Crippen LogP contribution is 2.30. The largest absolute Gasteiger partial charge is 0.375 e. The summed E-state index contributed by atoms with van der Waals surface area (Å²) in [6, 6.07) is 12.5. The summed E-state index contributed by atoms with van der Waals surface area (Å²) in [5, 5.41) is 1.77. The summed E-state index contributed by atoms with van der Waals surface area (Å²) in [6.45, 7) is 9.43. The molecule has 1 unspecified atom stereocenters. The molecule has 2 aromatic carbocycles. The van der Waals surface area contributed by atoms with E-state index in [1.807, 2.05) is 30.0 Å². The Morgan fingerprint density at radius 3 is 2.43 bits per heavy atom. The van der Waals surface area contributed by atoms with Crippen molar-refractivity contribution in [2.45, 2.75) is 51.4 Å². The number of hydrogen-bond acceptors (Lipinski definition) is 3. The molecule has 1 aliphatic rings. The number of likely N-dealkylation sites (tertiary alicyclic amines) is 1. The fourth-order valence-electron chi connectivity index (χ4n) is 4.03. The normalized spacial score (nSPS) is 16.0. The van der Waals surface area contributed by atoms with Gasteiger partial charge >= 0.3 is 0 Å². The Kier molecular flexibility index (Phi) is 9.86. The predicted octanol–water partition coefficient (Wildman–Crippen LogP) is 7.35. The van der Waals surface area contributed by atoms with Gasteiger partial charge in [-0.3, -0.25) is 0 Å². The number of halogens is 2. The van der Waals surface area contributed by atoms with Crippen LogP contribution in [0, 0.1) is 0 Å². The third-order valence-corrected chi connectivity index (χ3v) is 7.48. The van der Waals surface area contributed by atoms with Gasteiger partial charge in [0.15, 0.2) is 0 Å². The Hall–Kier alpha value is -0.710. The maximum absolute atomic E-state index is 6.25. The predicted molar refractivity (Wildman–Crippen MR) is 133 cm³/mol. The standard InChI is InChI=1S/C25H33Cl2NOS/c1-3-30-19(2)15-20-7-8-21(22-9-10-24(26)25(27)17-22)16-23(20)18-29-14-13-28-11-5-4-6-12-28/h7-10,16-17,19H,3-6,11-15,18H2,1-2H3. The minimum atomic E-state index is 0.587. The summed E-state index contributed by atoms with van der Waals surface area (Å²) in [5.41, 5.74) is 4.90. The summed E-state index contributed by atoms with van der Waals surface area (Å²) < 4.78 is 6.14. The van der Waals surface area contributed by atoms with E-state index in [2.05, 4.69) is 36.9 Å². The van der Waals surface area contributed by atoms with Gasteiger partial charge in [0.2, 0.25) is 0 Å². The van der Waals surface area contributed by atoms with Crippen molar-refractivity contribution >= 4 is 35.0 Å². The summed E-state index contributed by atoms with van der Waals surface area (Å²) in [7, 11) is 0. The number of benzene rings is 2. The van der Waals surface area contributed by atoms with Gasteiger partial charge in [-0.25, -0.2) is 0 Å². The van der Waals surface area contributed by atoms with Gasteiger partial charge in [0.1, 0.15) is 0 Å². The van der Waals surface area contributed by atoms with E-state index in [0.717, 1.165) is 36.5 Å². The molecule has 1 atom stereocenters. The zero-order valence-corrected chi connectivity index (χ0v) is 20.5. The van der Waals surface area contributed by atoms with E-state index in [1.54, 1.807) is 0 Å². The molecule has 164 valence electrons. The van der Waals surface area contributed by atoms with E-state index in [0.29, 0.717) is 21.9 Å². The average molecular weight is 467 g/mol. The number of ether oxygens (including phenoxy) is 1. The fraction of sp³-hybridized carbons (Fsp3) is 0.520. The van der Waals surface area contributed by atoms with Gasteiger partial charge in [-0.2, -0.15) is 11.8 Å². The van der Waals surface area contributed by atoms with Gasteiger partial charge < -0.3 is 9.64 Å². The molecule has 3 rings (SSSR count). The van der Waals surface area contributed by atoms with Crippen LogP contribution in [-0.4, -0.2) is 42.1 Å². The van der Waals surface area contributed by atoms with Crippen LogP contribution < -0.4 is 0 Å². The molecule has 1 heterocycles. The van der Waals surface area contributed by atoms with Crippen LogP contribution >= 0.6 is 35.0 Å². The maximum atomic E-state index is 6.25. The third kappa shape index (κ3) is 7.17. The Balaban J connectivity index is 1.70. The van der Waals surface area contributed by atoms with Crippen LogP contribution in [0.3, 0.4) is 0 Å². The van der Waals surface area contributed by atoms with Crippen LogP contribution in [0.2, 0.25) is 10.0 Å². The second-order valence-electron chi connectivity index (χ2n) is 8.04.